The number of amides is 1. The highest BCUT2D eigenvalue weighted by molar-refractivity contribution is 9.10. The molecule has 1 aromatic rings. The minimum Gasteiger partial charge on any atom is -0.496 e. The topological polar surface area (TPSA) is 41.6 Å². The first-order valence-corrected chi connectivity index (χ1v) is 8.28. The molecule has 1 aliphatic rings. The third-order valence-electron chi connectivity index (χ3n) is 4.00. The molecule has 0 aromatic heterocycles. The van der Waals surface area contributed by atoms with Gasteiger partial charge >= 0.3 is 0 Å². The summed E-state index contributed by atoms with van der Waals surface area (Å²) in [5.74, 6) is 1.27. The van der Waals surface area contributed by atoms with E-state index in [1.54, 1.807) is 7.11 Å². The van der Waals surface area contributed by atoms with E-state index in [2.05, 4.69) is 21.2 Å². The molecule has 1 N–H and O–H groups in total. The SMILES string of the molecule is CCN(CC1CCNCC1)C(=O)c1ccc(Br)cc1OC. The second kappa shape index (κ2) is 7.80. The van der Waals surface area contributed by atoms with Gasteiger partial charge < -0.3 is 15.0 Å². The number of carbonyl (C=O) groups is 1. The molecule has 21 heavy (non-hydrogen) atoms. The van der Waals surface area contributed by atoms with Gasteiger partial charge in [-0.2, -0.15) is 0 Å². The van der Waals surface area contributed by atoms with Crippen molar-refractivity contribution in [2.24, 2.45) is 5.92 Å². The molecule has 0 saturated carbocycles. The van der Waals surface area contributed by atoms with Crippen molar-refractivity contribution < 1.29 is 9.53 Å². The summed E-state index contributed by atoms with van der Waals surface area (Å²) in [7, 11) is 1.60. The van der Waals surface area contributed by atoms with Gasteiger partial charge in [0.25, 0.3) is 5.91 Å². The smallest absolute Gasteiger partial charge is 0.257 e. The predicted octanol–water partition coefficient (Wildman–Crippen LogP) is 2.92. The molecule has 1 saturated heterocycles. The Kier molecular flexibility index (Phi) is 6.06. The fraction of sp³-hybridized carbons (Fsp3) is 0.562. The van der Waals surface area contributed by atoms with Crippen LogP contribution in [0.15, 0.2) is 22.7 Å². The van der Waals surface area contributed by atoms with Gasteiger partial charge in [-0.05, 0) is 57.0 Å². The van der Waals surface area contributed by atoms with E-state index in [9.17, 15) is 4.79 Å². The molecular formula is C16H23BrN2O2. The number of rotatable bonds is 5. The summed E-state index contributed by atoms with van der Waals surface area (Å²) in [5.41, 5.74) is 0.636. The molecule has 1 aliphatic heterocycles. The molecule has 0 atom stereocenters. The lowest BCUT2D eigenvalue weighted by Gasteiger charge is -2.29. The largest absolute Gasteiger partial charge is 0.496 e. The summed E-state index contributed by atoms with van der Waals surface area (Å²) in [6, 6.07) is 5.55. The van der Waals surface area contributed by atoms with E-state index in [1.165, 1.54) is 0 Å². The van der Waals surface area contributed by atoms with Crippen LogP contribution in [0.2, 0.25) is 0 Å². The Morgan fingerprint density at radius 1 is 1.43 bits per heavy atom. The lowest BCUT2D eigenvalue weighted by Crippen LogP contribution is -2.39. The highest BCUT2D eigenvalue weighted by Gasteiger charge is 2.22. The van der Waals surface area contributed by atoms with E-state index in [4.69, 9.17) is 4.74 Å². The fourth-order valence-corrected chi connectivity index (χ4v) is 3.08. The number of hydrogen-bond donors (Lipinski definition) is 1. The minimum atomic E-state index is 0.0559. The number of benzene rings is 1. The molecule has 1 amide bonds. The first-order valence-electron chi connectivity index (χ1n) is 7.49. The quantitative estimate of drug-likeness (QED) is 0.883. The van der Waals surface area contributed by atoms with E-state index in [1.807, 2.05) is 30.0 Å². The Morgan fingerprint density at radius 3 is 2.76 bits per heavy atom. The molecular weight excluding hydrogens is 332 g/mol. The van der Waals surface area contributed by atoms with E-state index >= 15 is 0 Å². The zero-order chi connectivity index (χ0) is 15.2. The van der Waals surface area contributed by atoms with Gasteiger partial charge in [0.1, 0.15) is 5.75 Å². The highest BCUT2D eigenvalue weighted by Crippen LogP contribution is 2.25. The monoisotopic (exact) mass is 354 g/mol. The van der Waals surface area contributed by atoms with E-state index in [0.29, 0.717) is 17.2 Å². The van der Waals surface area contributed by atoms with Crippen LogP contribution in [0.1, 0.15) is 30.1 Å². The van der Waals surface area contributed by atoms with E-state index < -0.39 is 0 Å². The van der Waals surface area contributed by atoms with Crippen LogP contribution < -0.4 is 10.1 Å². The van der Waals surface area contributed by atoms with Crippen LogP contribution in [0.25, 0.3) is 0 Å². The molecule has 2 rings (SSSR count). The van der Waals surface area contributed by atoms with Gasteiger partial charge in [0.15, 0.2) is 0 Å². The molecule has 116 valence electrons. The number of nitrogens with one attached hydrogen (secondary N) is 1. The maximum atomic E-state index is 12.8. The zero-order valence-corrected chi connectivity index (χ0v) is 14.3. The van der Waals surface area contributed by atoms with Crippen molar-refractivity contribution >= 4 is 21.8 Å². The summed E-state index contributed by atoms with van der Waals surface area (Å²) in [6.45, 7) is 5.69. The number of carbonyl (C=O) groups excluding carboxylic acids is 1. The van der Waals surface area contributed by atoms with Crippen molar-refractivity contribution in [1.29, 1.82) is 0 Å². The van der Waals surface area contributed by atoms with Crippen LogP contribution in [-0.2, 0) is 0 Å². The van der Waals surface area contributed by atoms with Crippen molar-refractivity contribution in [2.45, 2.75) is 19.8 Å². The summed E-state index contributed by atoms with van der Waals surface area (Å²) in [5, 5.41) is 3.36. The number of nitrogens with zero attached hydrogens (tertiary/aromatic N) is 1. The molecule has 0 aliphatic carbocycles. The number of piperidine rings is 1. The Balaban J connectivity index is 2.11. The van der Waals surface area contributed by atoms with Gasteiger partial charge in [-0.25, -0.2) is 0 Å². The predicted molar refractivity (Wildman–Crippen MR) is 87.9 cm³/mol. The number of halogens is 1. The molecule has 1 fully saturated rings. The first-order chi connectivity index (χ1) is 10.2. The van der Waals surface area contributed by atoms with Gasteiger partial charge in [-0.1, -0.05) is 15.9 Å². The summed E-state index contributed by atoms with van der Waals surface area (Å²) >= 11 is 3.41. The average Bonchev–Trinajstić information content (AvgIpc) is 2.52. The summed E-state index contributed by atoms with van der Waals surface area (Å²) in [4.78, 5) is 14.7. The van der Waals surface area contributed by atoms with Gasteiger partial charge in [0.2, 0.25) is 0 Å². The van der Waals surface area contributed by atoms with Crippen molar-refractivity contribution in [2.75, 3.05) is 33.3 Å². The van der Waals surface area contributed by atoms with E-state index in [-0.39, 0.29) is 5.91 Å². The lowest BCUT2D eigenvalue weighted by atomic mass is 9.97. The third-order valence-corrected chi connectivity index (χ3v) is 4.49. The first kappa shape index (κ1) is 16.3. The van der Waals surface area contributed by atoms with Crippen LogP contribution >= 0.6 is 15.9 Å². The average molecular weight is 355 g/mol. The second-order valence-corrected chi connectivity index (χ2v) is 6.30. The number of hydrogen-bond acceptors (Lipinski definition) is 3. The van der Waals surface area contributed by atoms with Crippen LogP contribution in [-0.4, -0.2) is 44.1 Å². The Morgan fingerprint density at radius 2 is 2.14 bits per heavy atom. The Bertz CT molecular complexity index is 487. The second-order valence-electron chi connectivity index (χ2n) is 5.38. The molecule has 1 heterocycles. The standard InChI is InChI=1S/C16H23BrN2O2/c1-3-19(11-12-6-8-18-9-7-12)16(20)14-5-4-13(17)10-15(14)21-2/h4-5,10,12,18H,3,6-9,11H2,1-2H3. The summed E-state index contributed by atoms with van der Waals surface area (Å²) < 4.78 is 6.26. The molecule has 5 heteroatoms. The van der Waals surface area contributed by atoms with Gasteiger partial charge in [0, 0.05) is 17.6 Å². The zero-order valence-electron chi connectivity index (χ0n) is 12.7. The molecule has 0 spiro atoms. The maximum absolute atomic E-state index is 12.8. The number of ether oxygens (including phenoxy) is 1. The van der Waals surface area contributed by atoms with Crippen LogP contribution in [0.3, 0.4) is 0 Å². The third kappa shape index (κ3) is 4.20. The minimum absolute atomic E-state index is 0.0559. The van der Waals surface area contributed by atoms with Gasteiger partial charge in [-0.3, -0.25) is 4.79 Å². The van der Waals surface area contributed by atoms with Crippen LogP contribution in [0.4, 0.5) is 0 Å². The Labute approximate surface area is 135 Å². The van der Waals surface area contributed by atoms with Gasteiger partial charge in [-0.15, -0.1) is 0 Å². The molecule has 0 unspecified atom stereocenters. The van der Waals surface area contributed by atoms with E-state index in [0.717, 1.165) is 43.5 Å². The number of methoxy groups -OCH3 is 1. The maximum Gasteiger partial charge on any atom is 0.257 e. The van der Waals surface area contributed by atoms with Crippen molar-refractivity contribution in [3.8, 4) is 5.75 Å². The molecule has 0 bridgehead atoms. The summed E-state index contributed by atoms with van der Waals surface area (Å²) in [6.07, 6.45) is 2.28. The van der Waals surface area contributed by atoms with Crippen molar-refractivity contribution in [3.63, 3.8) is 0 Å². The highest BCUT2D eigenvalue weighted by atomic mass is 79.9. The van der Waals surface area contributed by atoms with Crippen LogP contribution in [0, 0.1) is 5.92 Å². The van der Waals surface area contributed by atoms with Crippen LogP contribution in [0.5, 0.6) is 5.75 Å². The molecule has 0 radical (unpaired) electrons. The van der Waals surface area contributed by atoms with Gasteiger partial charge in [0.05, 0.1) is 12.7 Å². The van der Waals surface area contributed by atoms with Crippen molar-refractivity contribution in [1.82, 2.24) is 10.2 Å². The Hall–Kier alpha value is -1.07. The fourth-order valence-electron chi connectivity index (χ4n) is 2.74. The normalized spacial score (nSPS) is 15.8. The molecule has 4 nitrogen and oxygen atoms in total. The lowest BCUT2D eigenvalue weighted by molar-refractivity contribution is 0.0723. The molecule has 1 aromatic carbocycles. The van der Waals surface area contributed by atoms with Crippen molar-refractivity contribution in [3.05, 3.63) is 28.2 Å².